The van der Waals surface area contributed by atoms with E-state index in [9.17, 15) is 5.11 Å². The molecule has 0 aliphatic heterocycles. The molecule has 2 nitrogen and oxygen atoms in total. The molecule has 1 N–H and O–H groups in total. The van der Waals surface area contributed by atoms with Gasteiger partial charge in [0, 0.05) is 5.41 Å². The number of fused-ring (bicyclic) bond motifs is 4. The molecule has 2 aliphatic carbocycles. The van der Waals surface area contributed by atoms with Crippen molar-refractivity contribution in [3.05, 3.63) is 53.6 Å². The SMILES string of the molecule is COc1cc(-c2ccccc2)c2c(c1)C1(C)CCCCCC(C2)C1O. The number of aliphatic hydroxyl groups is 1. The van der Waals surface area contributed by atoms with Crippen molar-refractivity contribution in [1.29, 1.82) is 0 Å². The first-order valence-electron chi connectivity index (χ1n) is 9.58. The highest BCUT2D eigenvalue weighted by atomic mass is 16.5. The molecule has 2 heteroatoms. The van der Waals surface area contributed by atoms with Gasteiger partial charge in [-0.3, -0.25) is 0 Å². The zero-order valence-electron chi connectivity index (χ0n) is 15.3. The summed E-state index contributed by atoms with van der Waals surface area (Å²) in [5, 5.41) is 11.2. The lowest BCUT2D eigenvalue weighted by atomic mass is 9.60. The number of hydrogen-bond donors (Lipinski definition) is 1. The van der Waals surface area contributed by atoms with Crippen molar-refractivity contribution in [3.8, 4) is 16.9 Å². The van der Waals surface area contributed by atoms with E-state index < -0.39 is 0 Å². The highest BCUT2D eigenvalue weighted by Crippen LogP contribution is 2.49. The van der Waals surface area contributed by atoms with E-state index in [1.807, 2.05) is 0 Å². The molecule has 2 aliphatic rings. The number of rotatable bonds is 2. The summed E-state index contributed by atoms with van der Waals surface area (Å²) in [6, 6.07) is 15.0. The minimum Gasteiger partial charge on any atom is -0.497 e. The predicted octanol–water partition coefficient (Wildman–Crippen LogP) is 5.12. The third-order valence-electron chi connectivity index (χ3n) is 6.50. The van der Waals surface area contributed by atoms with Gasteiger partial charge in [-0.15, -0.1) is 0 Å². The molecule has 3 atom stereocenters. The third kappa shape index (κ3) is 2.77. The second kappa shape index (κ2) is 6.49. The molecule has 1 saturated carbocycles. The van der Waals surface area contributed by atoms with Gasteiger partial charge in [0.05, 0.1) is 13.2 Å². The first-order valence-corrected chi connectivity index (χ1v) is 9.58. The van der Waals surface area contributed by atoms with E-state index in [0.717, 1.165) is 25.0 Å². The van der Waals surface area contributed by atoms with Crippen LogP contribution in [0.5, 0.6) is 5.75 Å². The number of benzene rings is 2. The van der Waals surface area contributed by atoms with Gasteiger partial charge in [-0.05, 0) is 59.6 Å². The van der Waals surface area contributed by atoms with Crippen LogP contribution >= 0.6 is 0 Å². The second-order valence-electron chi connectivity index (χ2n) is 7.99. The average Bonchev–Trinajstić information content (AvgIpc) is 2.65. The number of aliphatic hydroxyl groups excluding tert-OH is 1. The van der Waals surface area contributed by atoms with E-state index in [0.29, 0.717) is 5.92 Å². The van der Waals surface area contributed by atoms with Crippen molar-refractivity contribution in [1.82, 2.24) is 0 Å². The van der Waals surface area contributed by atoms with Gasteiger partial charge in [0.15, 0.2) is 0 Å². The Morgan fingerprint density at radius 3 is 2.64 bits per heavy atom. The quantitative estimate of drug-likeness (QED) is 0.825. The second-order valence-corrected chi connectivity index (χ2v) is 7.99. The van der Waals surface area contributed by atoms with E-state index in [1.54, 1.807) is 7.11 Å². The number of ether oxygens (including phenoxy) is 1. The molecule has 0 radical (unpaired) electrons. The Labute approximate surface area is 150 Å². The van der Waals surface area contributed by atoms with E-state index >= 15 is 0 Å². The van der Waals surface area contributed by atoms with Crippen LogP contribution in [-0.4, -0.2) is 18.3 Å². The first-order chi connectivity index (χ1) is 12.1. The average molecular weight is 336 g/mol. The number of hydrogen-bond acceptors (Lipinski definition) is 2. The van der Waals surface area contributed by atoms with Crippen molar-refractivity contribution in [2.24, 2.45) is 5.92 Å². The van der Waals surface area contributed by atoms with Gasteiger partial charge >= 0.3 is 0 Å². The van der Waals surface area contributed by atoms with Crippen LogP contribution in [0.15, 0.2) is 42.5 Å². The largest absolute Gasteiger partial charge is 0.497 e. The van der Waals surface area contributed by atoms with Gasteiger partial charge in [0.1, 0.15) is 5.75 Å². The van der Waals surface area contributed by atoms with Crippen molar-refractivity contribution in [2.75, 3.05) is 7.11 Å². The zero-order chi connectivity index (χ0) is 17.4. The molecule has 2 aromatic rings. The van der Waals surface area contributed by atoms with Gasteiger partial charge in [-0.1, -0.05) is 56.5 Å². The molecule has 4 rings (SSSR count). The standard InChI is InChI=1S/C23H28O2/c1-23-12-8-4-7-11-17(22(23)24)13-20-19(16-9-5-3-6-10-16)14-18(25-2)15-21(20)23/h3,5-6,9-10,14-15,17,22,24H,4,7-8,11-13H2,1-2H3. The zero-order valence-corrected chi connectivity index (χ0v) is 15.3. The lowest BCUT2D eigenvalue weighted by molar-refractivity contribution is 0.00897. The van der Waals surface area contributed by atoms with Gasteiger partial charge in [0.25, 0.3) is 0 Å². The Kier molecular flexibility index (Phi) is 4.33. The number of methoxy groups -OCH3 is 1. The maximum Gasteiger partial charge on any atom is 0.119 e. The van der Waals surface area contributed by atoms with E-state index in [1.165, 1.54) is 41.5 Å². The summed E-state index contributed by atoms with van der Waals surface area (Å²) in [4.78, 5) is 0. The van der Waals surface area contributed by atoms with Crippen LogP contribution in [0.4, 0.5) is 0 Å². The molecular formula is C23H28O2. The summed E-state index contributed by atoms with van der Waals surface area (Å²) < 4.78 is 5.63. The Balaban J connectivity index is 1.94. The highest BCUT2D eigenvalue weighted by molar-refractivity contribution is 5.72. The fraction of sp³-hybridized carbons (Fsp3) is 0.478. The lowest BCUT2D eigenvalue weighted by Gasteiger charge is -2.47. The molecule has 3 unspecified atom stereocenters. The van der Waals surface area contributed by atoms with Crippen molar-refractivity contribution in [2.45, 2.75) is 57.0 Å². The van der Waals surface area contributed by atoms with E-state index in [-0.39, 0.29) is 11.5 Å². The minimum atomic E-state index is -0.254. The molecule has 0 spiro atoms. The van der Waals surface area contributed by atoms with Crippen molar-refractivity contribution >= 4 is 0 Å². The maximum atomic E-state index is 11.2. The molecular weight excluding hydrogens is 308 g/mol. The van der Waals surface area contributed by atoms with Gasteiger partial charge < -0.3 is 9.84 Å². The van der Waals surface area contributed by atoms with Gasteiger partial charge in [0.2, 0.25) is 0 Å². The molecule has 0 amide bonds. The van der Waals surface area contributed by atoms with Crippen molar-refractivity contribution in [3.63, 3.8) is 0 Å². The summed E-state index contributed by atoms with van der Waals surface area (Å²) >= 11 is 0. The Morgan fingerprint density at radius 2 is 1.88 bits per heavy atom. The fourth-order valence-corrected chi connectivity index (χ4v) is 5.04. The first kappa shape index (κ1) is 16.7. The Hall–Kier alpha value is -1.80. The highest BCUT2D eigenvalue weighted by Gasteiger charge is 2.45. The van der Waals surface area contributed by atoms with Crippen LogP contribution in [-0.2, 0) is 11.8 Å². The summed E-state index contributed by atoms with van der Waals surface area (Å²) in [6.45, 7) is 2.27. The normalized spacial score (nSPS) is 28.6. The molecule has 0 heterocycles. The van der Waals surface area contributed by atoms with E-state index in [4.69, 9.17) is 4.74 Å². The topological polar surface area (TPSA) is 29.5 Å². The molecule has 1 fully saturated rings. The van der Waals surface area contributed by atoms with Crippen LogP contribution in [0.2, 0.25) is 0 Å². The minimum absolute atomic E-state index is 0.170. The van der Waals surface area contributed by atoms with Crippen LogP contribution in [0.3, 0.4) is 0 Å². The third-order valence-corrected chi connectivity index (χ3v) is 6.50. The van der Waals surface area contributed by atoms with Gasteiger partial charge in [-0.2, -0.15) is 0 Å². The van der Waals surface area contributed by atoms with E-state index in [2.05, 4.69) is 49.4 Å². The summed E-state index contributed by atoms with van der Waals surface area (Å²) in [5.41, 5.74) is 5.07. The Bertz CT molecular complexity index is 752. The lowest BCUT2D eigenvalue weighted by Crippen LogP contribution is -2.47. The molecule has 25 heavy (non-hydrogen) atoms. The van der Waals surface area contributed by atoms with Gasteiger partial charge in [-0.25, -0.2) is 0 Å². The summed E-state index contributed by atoms with van der Waals surface area (Å²) in [7, 11) is 1.74. The molecule has 0 aromatic heterocycles. The maximum absolute atomic E-state index is 11.2. The van der Waals surface area contributed by atoms with Crippen molar-refractivity contribution < 1.29 is 9.84 Å². The predicted molar refractivity (Wildman–Crippen MR) is 102 cm³/mol. The molecule has 0 saturated heterocycles. The van der Waals surface area contributed by atoms with Crippen LogP contribution in [0.25, 0.3) is 11.1 Å². The summed E-state index contributed by atoms with van der Waals surface area (Å²) in [5.74, 6) is 1.26. The monoisotopic (exact) mass is 336 g/mol. The van der Waals surface area contributed by atoms with Crippen LogP contribution < -0.4 is 4.74 Å². The molecule has 2 aromatic carbocycles. The Morgan fingerprint density at radius 1 is 1.08 bits per heavy atom. The smallest absolute Gasteiger partial charge is 0.119 e. The van der Waals surface area contributed by atoms with Crippen LogP contribution in [0.1, 0.15) is 50.2 Å². The summed E-state index contributed by atoms with van der Waals surface area (Å²) in [6.07, 6.45) is 6.62. The fourth-order valence-electron chi connectivity index (χ4n) is 5.04. The van der Waals surface area contributed by atoms with Crippen LogP contribution in [0, 0.1) is 5.92 Å². The molecule has 2 bridgehead atoms. The molecule has 132 valence electrons.